The van der Waals surface area contributed by atoms with Crippen LogP contribution in [0.5, 0.6) is 0 Å². The third kappa shape index (κ3) is 1.51. The van der Waals surface area contributed by atoms with Crippen LogP contribution in [0.4, 0.5) is 0 Å². The molecule has 2 unspecified atom stereocenters. The summed E-state index contributed by atoms with van der Waals surface area (Å²) >= 11 is 0. The monoisotopic (exact) mass is 208 g/mol. The fourth-order valence-corrected chi connectivity index (χ4v) is 2.74. The summed E-state index contributed by atoms with van der Waals surface area (Å²) in [7, 11) is 0. The summed E-state index contributed by atoms with van der Waals surface area (Å²) in [6.45, 7) is 8.13. The van der Waals surface area contributed by atoms with Crippen molar-refractivity contribution in [1.82, 2.24) is 0 Å². The Morgan fingerprint density at radius 3 is 2.47 bits per heavy atom. The first-order valence-corrected chi connectivity index (χ1v) is 5.80. The Hall–Kier alpha value is -0.760. The molecule has 0 aliphatic heterocycles. The van der Waals surface area contributed by atoms with Crippen LogP contribution in [0.2, 0.25) is 0 Å². The molecule has 1 aromatic heterocycles. The van der Waals surface area contributed by atoms with Crippen LogP contribution in [0.15, 0.2) is 4.42 Å². The van der Waals surface area contributed by atoms with Crippen molar-refractivity contribution in [2.75, 3.05) is 0 Å². The zero-order valence-electron chi connectivity index (χ0n) is 10.1. The van der Waals surface area contributed by atoms with Crippen molar-refractivity contribution in [3.63, 3.8) is 0 Å². The second-order valence-electron chi connectivity index (χ2n) is 4.83. The van der Waals surface area contributed by atoms with Crippen molar-refractivity contribution in [2.24, 2.45) is 5.92 Å². The minimum atomic E-state index is -0.581. The van der Waals surface area contributed by atoms with E-state index in [4.69, 9.17) is 4.42 Å². The van der Waals surface area contributed by atoms with E-state index in [0.29, 0.717) is 5.92 Å². The molecule has 2 heteroatoms. The van der Waals surface area contributed by atoms with Gasteiger partial charge in [-0.1, -0.05) is 13.3 Å². The van der Waals surface area contributed by atoms with E-state index in [9.17, 15) is 5.11 Å². The van der Waals surface area contributed by atoms with E-state index in [1.54, 1.807) is 0 Å². The fourth-order valence-electron chi connectivity index (χ4n) is 2.74. The minimum absolute atomic E-state index is 0.442. The quantitative estimate of drug-likeness (QED) is 0.827. The first-order chi connectivity index (χ1) is 7.00. The molecule has 15 heavy (non-hydrogen) atoms. The van der Waals surface area contributed by atoms with Gasteiger partial charge in [0.25, 0.3) is 0 Å². The predicted octanol–water partition coefficient (Wildman–Crippen LogP) is 3.21. The van der Waals surface area contributed by atoms with Crippen LogP contribution in [0.25, 0.3) is 0 Å². The largest absolute Gasteiger partial charge is 0.466 e. The molecule has 1 heterocycles. The zero-order valence-corrected chi connectivity index (χ0v) is 10.1. The topological polar surface area (TPSA) is 33.4 Å². The maximum atomic E-state index is 10.5. The van der Waals surface area contributed by atoms with Gasteiger partial charge in [0, 0.05) is 5.56 Å². The molecule has 1 aliphatic rings. The zero-order chi connectivity index (χ0) is 11.2. The third-order valence-corrected chi connectivity index (χ3v) is 3.70. The van der Waals surface area contributed by atoms with Gasteiger partial charge >= 0.3 is 0 Å². The lowest BCUT2D eigenvalue weighted by atomic mass is 9.99. The molecular formula is C13H20O2. The van der Waals surface area contributed by atoms with Gasteiger partial charge in [0.15, 0.2) is 0 Å². The lowest BCUT2D eigenvalue weighted by Gasteiger charge is -2.10. The van der Waals surface area contributed by atoms with Gasteiger partial charge in [0.05, 0.1) is 5.60 Å². The van der Waals surface area contributed by atoms with Crippen molar-refractivity contribution in [3.8, 4) is 0 Å². The molecule has 1 saturated carbocycles. The molecule has 0 bridgehead atoms. The molecule has 2 nitrogen and oxygen atoms in total. The highest BCUT2D eigenvalue weighted by atomic mass is 16.3. The summed E-state index contributed by atoms with van der Waals surface area (Å²) in [5.74, 6) is 2.28. The van der Waals surface area contributed by atoms with Gasteiger partial charge in [-0.3, -0.25) is 0 Å². The van der Waals surface area contributed by atoms with E-state index in [1.807, 2.05) is 20.8 Å². The molecule has 1 fully saturated rings. The Balaban J connectivity index is 2.31. The van der Waals surface area contributed by atoms with Crippen LogP contribution < -0.4 is 0 Å². The van der Waals surface area contributed by atoms with Crippen molar-refractivity contribution < 1.29 is 9.52 Å². The summed E-state index contributed by atoms with van der Waals surface area (Å²) in [5, 5.41) is 10.5. The molecule has 0 spiro atoms. The standard InChI is InChI=1S/C13H20O2/c1-5-6-11-7-13(11,14)12-8(2)9(3)15-10(12)4/h11,14H,5-7H2,1-4H3. The van der Waals surface area contributed by atoms with Gasteiger partial charge in [0.2, 0.25) is 0 Å². The Bertz CT molecular complexity index is 378. The van der Waals surface area contributed by atoms with E-state index in [0.717, 1.165) is 41.9 Å². The van der Waals surface area contributed by atoms with Gasteiger partial charge in [0.1, 0.15) is 11.5 Å². The third-order valence-electron chi connectivity index (χ3n) is 3.70. The summed E-state index contributed by atoms with van der Waals surface area (Å²) in [6.07, 6.45) is 3.16. The summed E-state index contributed by atoms with van der Waals surface area (Å²) in [5.41, 5.74) is 1.61. The number of hydrogen-bond donors (Lipinski definition) is 1. The van der Waals surface area contributed by atoms with Crippen LogP contribution >= 0.6 is 0 Å². The molecule has 1 aliphatic carbocycles. The van der Waals surface area contributed by atoms with Crippen molar-refractivity contribution >= 4 is 0 Å². The Morgan fingerprint density at radius 2 is 2.00 bits per heavy atom. The maximum absolute atomic E-state index is 10.5. The predicted molar refractivity (Wildman–Crippen MR) is 59.8 cm³/mol. The molecule has 0 aromatic carbocycles. The lowest BCUT2D eigenvalue weighted by molar-refractivity contribution is 0.126. The highest BCUT2D eigenvalue weighted by Crippen LogP contribution is 2.56. The number of hydrogen-bond acceptors (Lipinski definition) is 2. The second kappa shape index (κ2) is 3.38. The van der Waals surface area contributed by atoms with E-state index < -0.39 is 5.60 Å². The lowest BCUT2D eigenvalue weighted by Crippen LogP contribution is -2.10. The van der Waals surface area contributed by atoms with Crippen LogP contribution in [-0.2, 0) is 5.60 Å². The van der Waals surface area contributed by atoms with E-state index in [-0.39, 0.29) is 0 Å². The molecule has 0 saturated heterocycles. The van der Waals surface area contributed by atoms with Crippen LogP contribution in [0.1, 0.15) is 48.8 Å². The van der Waals surface area contributed by atoms with Crippen LogP contribution in [-0.4, -0.2) is 5.11 Å². The van der Waals surface area contributed by atoms with Crippen LogP contribution in [0.3, 0.4) is 0 Å². The number of aliphatic hydroxyl groups is 1. The SMILES string of the molecule is CCCC1CC1(O)c1c(C)oc(C)c1C. The number of aryl methyl sites for hydroxylation is 2. The average molecular weight is 208 g/mol. The van der Waals surface area contributed by atoms with E-state index in [2.05, 4.69) is 6.92 Å². The molecule has 1 N–H and O–H groups in total. The molecule has 84 valence electrons. The van der Waals surface area contributed by atoms with Crippen molar-refractivity contribution in [3.05, 3.63) is 22.6 Å². The van der Waals surface area contributed by atoms with Gasteiger partial charge in [-0.25, -0.2) is 0 Å². The summed E-state index contributed by atoms with van der Waals surface area (Å²) in [6, 6.07) is 0. The van der Waals surface area contributed by atoms with Gasteiger partial charge in [-0.05, 0) is 45.1 Å². The van der Waals surface area contributed by atoms with Gasteiger partial charge < -0.3 is 9.52 Å². The maximum Gasteiger partial charge on any atom is 0.107 e. The first-order valence-electron chi connectivity index (χ1n) is 5.80. The van der Waals surface area contributed by atoms with Crippen molar-refractivity contribution in [2.45, 2.75) is 52.6 Å². The molecule has 0 radical (unpaired) electrons. The highest BCUT2D eigenvalue weighted by Gasteiger charge is 2.55. The van der Waals surface area contributed by atoms with Crippen molar-refractivity contribution in [1.29, 1.82) is 0 Å². The Labute approximate surface area is 91.3 Å². The normalized spacial score (nSPS) is 29.5. The second-order valence-corrected chi connectivity index (χ2v) is 4.83. The van der Waals surface area contributed by atoms with E-state index in [1.165, 1.54) is 0 Å². The van der Waals surface area contributed by atoms with E-state index >= 15 is 0 Å². The van der Waals surface area contributed by atoms with Gasteiger partial charge in [-0.15, -0.1) is 0 Å². The Kier molecular flexibility index (Phi) is 2.42. The summed E-state index contributed by atoms with van der Waals surface area (Å²) < 4.78 is 5.58. The number of furan rings is 1. The molecule has 1 aromatic rings. The van der Waals surface area contributed by atoms with Crippen LogP contribution in [0, 0.1) is 26.7 Å². The average Bonchev–Trinajstić information content (AvgIpc) is 2.69. The van der Waals surface area contributed by atoms with Gasteiger partial charge in [-0.2, -0.15) is 0 Å². The summed E-state index contributed by atoms with van der Waals surface area (Å²) in [4.78, 5) is 0. The molecule has 2 rings (SSSR count). The molecule has 2 atom stereocenters. The minimum Gasteiger partial charge on any atom is -0.466 e. The number of rotatable bonds is 3. The highest BCUT2D eigenvalue weighted by molar-refractivity contribution is 5.40. The fraction of sp³-hybridized carbons (Fsp3) is 0.692. The Morgan fingerprint density at radius 1 is 1.33 bits per heavy atom. The molecular weight excluding hydrogens is 188 g/mol. The first kappa shape index (κ1) is 10.7. The molecule has 0 amide bonds. The smallest absolute Gasteiger partial charge is 0.107 e.